The van der Waals surface area contributed by atoms with E-state index in [1.54, 1.807) is 18.2 Å². The van der Waals surface area contributed by atoms with Crippen molar-refractivity contribution in [3.8, 4) is 11.5 Å². The Morgan fingerprint density at radius 1 is 1.14 bits per heavy atom. The Bertz CT molecular complexity index is 1380. The number of para-hydroxylation sites is 1. The van der Waals surface area contributed by atoms with Gasteiger partial charge in [-0.15, -0.1) is 0 Å². The number of halogens is 1. The van der Waals surface area contributed by atoms with Crippen LogP contribution in [0.5, 0.6) is 11.5 Å². The Morgan fingerprint density at radius 2 is 1.89 bits per heavy atom. The zero-order valence-corrected chi connectivity index (χ0v) is 22.2. The van der Waals surface area contributed by atoms with Crippen LogP contribution in [-0.4, -0.2) is 29.9 Å². The van der Waals surface area contributed by atoms with E-state index in [9.17, 15) is 9.59 Å². The molecule has 0 atom stereocenters. The molecule has 9 heteroatoms. The van der Waals surface area contributed by atoms with Crippen molar-refractivity contribution in [1.82, 2.24) is 0 Å². The smallest absolute Gasteiger partial charge is 0.270 e. The van der Waals surface area contributed by atoms with E-state index in [1.807, 2.05) is 62.4 Å². The van der Waals surface area contributed by atoms with Crippen LogP contribution in [0.15, 0.2) is 65.6 Å². The maximum Gasteiger partial charge on any atom is 0.270 e. The maximum absolute atomic E-state index is 13.0. The summed E-state index contributed by atoms with van der Waals surface area (Å²) < 4.78 is 11.6. The number of nitrogens with one attached hydrogen (secondary N) is 1. The van der Waals surface area contributed by atoms with Gasteiger partial charge < -0.3 is 14.8 Å². The number of thiocarbonyl (C=S) groups is 1. The van der Waals surface area contributed by atoms with E-state index in [1.165, 1.54) is 23.8 Å². The highest BCUT2D eigenvalue weighted by atomic mass is 35.5. The summed E-state index contributed by atoms with van der Waals surface area (Å²) in [6, 6.07) is 18.3. The summed E-state index contributed by atoms with van der Waals surface area (Å²) in [6.45, 7) is 3.67. The van der Waals surface area contributed by atoms with Gasteiger partial charge in [0.2, 0.25) is 0 Å². The van der Waals surface area contributed by atoms with Crippen molar-refractivity contribution in [1.29, 1.82) is 0 Å². The van der Waals surface area contributed by atoms with Crippen molar-refractivity contribution in [2.75, 3.05) is 23.9 Å². The third-order valence-corrected chi connectivity index (χ3v) is 6.94. The molecule has 1 heterocycles. The van der Waals surface area contributed by atoms with Crippen LogP contribution in [0, 0.1) is 13.8 Å². The van der Waals surface area contributed by atoms with E-state index in [-0.39, 0.29) is 29.2 Å². The van der Waals surface area contributed by atoms with Gasteiger partial charge in [0.1, 0.15) is 0 Å². The topological polar surface area (TPSA) is 67.9 Å². The van der Waals surface area contributed by atoms with Gasteiger partial charge in [-0.05, 0) is 61.4 Å². The maximum atomic E-state index is 13.0. The number of ether oxygens (including phenoxy) is 2. The van der Waals surface area contributed by atoms with Crippen LogP contribution in [-0.2, 0) is 9.59 Å². The van der Waals surface area contributed by atoms with Gasteiger partial charge in [0.05, 0.1) is 22.7 Å². The molecule has 0 bridgehead atoms. The summed E-state index contributed by atoms with van der Waals surface area (Å²) in [7, 11) is 1.48. The van der Waals surface area contributed by atoms with Crippen LogP contribution >= 0.6 is 35.6 Å². The molecule has 36 heavy (non-hydrogen) atoms. The van der Waals surface area contributed by atoms with Gasteiger partial charge in [0, 0.05) is 5.69 Å². The molecule has 1 aliphatic heterocycles. The molecular formula is C27H23ClN2O4S2. The number of anilines is 2. The van der Waals surface area contributed by atoms with Crippen molar-refractivity contribution in [3.63, 3.8) is 0 Å². The highest BCUT2D eigenvalue weighted by Crippen LogP contribution is 2.40. The molecule has 184 valence electrons. The fourth-order valence-electron chi connectivity index (χ4n) is 3.66. The lowest BCUT2D eigenvalue weighted by Gasteiger charge is -2.14. The first-order valence-corrected chi connectivity index (χ1v) is 12.6. The van der Waals surface area contributed by atoms with Crippen LogP contribution < -0.4 is 19.7 Å². The first-order chi connectivity index (χ1) is 17.3. The molecule has 1 N–H and O–H groups in total. The average molecular weight is 539 g/mol. The van der Waals surface area contributed by atoms with Crippen molar-refractivity contribution >= 4 is 69.2 Å². The largest absolute Gasteiger partial charge is 0.493 e. The fourth-order valence-corrected chi connectivity index (χ4v) is 5.23. The second-order valence-corrected chi connectivity index (χ2v) is 10.1. The van der Waals surface area contributed by atoms with Gasteiger partial charge in [-0.25, -0.2) is 0 Å². The third kappa shape index (κ3) is 5.73. The van der Waals surface area contributed by atoms with Crippen LogP contribution in [0.3, 0.4) is 0 Å². The van der Waals surface area contributed by atoms with Crippen molar-refractivity contribution in [2.45, 2.75) is 13.8 Å². The molecular weight excluding hydrogens is 516 g/mol. The third-order valence-electron chi connectivity index (χ3n) is 5.36. The van der Waals surface area contributed by atoms with Gasteiger partial charge in [-0.3, -0.25) is 14.5 Å². The minimum absolute atomic E-state index is 0.213. The van der Waals surface area contributed by atoms with Gasteiger partial charge in [0.15, 0.2) is 22.4 Å². The molecule has 4 rings (SSSR count). The zero-order valence-electron chi connectivity index (χ0n) is 19.8. The number of carbonyl (C=O) groups is 2. The Balaban J connectivity index is 1.49. The first-order valence-electron chi connectivity index (χ1n) is 11.0. The second-order valence-electron chi connectivity index (χ2n) is 8.04. The summed E-state index contributed by atoms with van der Waals surface area (Å²) >= 11 is 13.1. The summed E-state index contributed by atoms with van der Waals surface area (Å²) in [5.74, 6) is 0.0407. The standard InChI is InChI=1S/C27H23ClN2O4S2/c1-16-9-10-21(17(2)11-16)29-24(31)15-34-25-20(28)12-18(13-22(25)33-3)14-23-26(32)30(27(35)36-23)19-7-5-4-6-8-19/h4-14H,15H2,1-3H3,(H,29,31)/b23-14-. The lowest BCUT2D eigenvalue weighted by Crippen LogP contribution is -2.27. The van der Waals surface area contributed by atoms with Gasteiger partial charge in [0.25, 0.3) is 11.8 Å². The van der Waals surface area contributed by atoms with Crippen molar-refractivity contribution in [3.05, 3.63) is 87.3 Å². The van der Waals surface area contributed by atoms with E-state index >= 15 is 0 Å². The van der Waals surface area contributed by atoms with E-state index in [0.29, 0.717) is 26.2 Å². The van der Waals surface area contributed by atoms with Crippen LogP contribution in [0.4, 0.5) is 11.4 Å². The summed E-state index contributed by atoms with van der Waals surface area (Å²) in [5.41, 5.74) is 4.14. The zero-order chi connectivity index (χ0) is 25.8. The first kappa shape index (κ1) is 25.8. The molecule has 0 radical (unpaired) electrons. The molecule has 3 aromatic carbocycles. The second kappa shape index (κ2) is 11.2. The molecule has 3 aromatic rings. The summed E-state index contributed by atoms with van der Waals surface area (Å²) in [5, 5.41) is 3.08. The highest BCUT2D eigenvalue weighted by molar-refractivity contribution is 8.27. The van der Waals surface area contributed by atoms with Gasteiger partial charge >= 0.3 is 0 Å². The number of hydrogen-bond donors (Lipinski definition) is 1. The van der Waals surface area contributed by atoms with E-state index < -0.39 is 0 Å². The number of aryl methyl sites for hydroxylation is 2. The molecule has 0 saturated carbocycles. The number of carbonyl (C=O) groups excluding carboxylic acids is 2. The lowest BCUT2D eigenvalue weighted by molar-refractivity contribution is -0.118. The number of benzene rings is 3. The number of methoxy groups -OCH3 is 1. The molecule has 2 amide bonds. The Hall–Kier alpha value is -3.33. The summed E-state index contributed by atoms with van der Waals surface area (Å²) in [4.78, 5) is 27.4. The molecule has 1 fully saturated rings. The fraction of sp³-hybridized carbons (Fsp3) is 0.148. The van der Waals surface area contributed by atoms with Crippen molar-refractivity contribution < 1.29 is 19.1 Å². The van der Waals surface area contributed by atoms with E-state index in [2.05, 4.69) is 5.32 Å². The molecule has 0 spiro atoms. The van der Waals surface area contributed by atoms with Crippen LogP contribution in [0.1, 0.15) is 16.7 Å². The minimum atomic E-state index is -0.325. The average Bonchev–Trinajstić information content (AvgIpc) is 3.12. The predicted octanol–water partition coefficient (Wildman–Crippen LogP) is 6.39. The quantitative estimate of drug-likeness (QED) is 0.278. The Labute approximate surface area is 224 Å². The normalized spacial score (nSPS) is 14.3. The van der Waals surface area contributed by atoms with Crippen molar-refractivity contribution in [2.24, 2.45) is 0 Å². The molecule has 1 aliphatic rings. The lowest BCUT2D eigenvalue weighted by atomic mass is 10.1. The van der Waals surface area contributed by atoms with E-state index in [0.717, 1.165) is 16.8 Å². The molecule has 1 saturated heterocycles. The SMILES string of the molecule is COc1cc(/C=C2\SC(=S)N(c3ccccc3)C2=O)cc(Cl)c1OCC(=O)Nc1ccc(C)cc1C. The number of nitrogens with zero attached hydrogens (tertiary/aromatic N) is 1. The Kier molecular flexibility index (Phi) is 7.98. The predicted molar refractivity (Wildman–Crippen MR) is 150 cm³/mol. The monoisotopic (exact) mass is 538 g/mol. The molecule has 0 aromatic heterocycles. The van der Waals surface area contributed by atoms with Gasteiger partial charge in [-0.1, -0.05) is 71.5 Å². The number of amides is 2. The van der Waals surface area contributed by atoms with Gasteiger partial charge in [-0.2, -0.15) is 0 Å². The van der Waals surface area contributed by atoms with Crippen LogP contribution in [0.2, 0.25) is 5.02 Å². The molecule has 6 nitrogen and oxygen atoms in total. The number of rotatable bonds is 7. The number of thioether (sulfide) groups is 1. The minimum Gasteiger partial charge on any atom is -0.493 e. The number of hydrogen-bond acceptors (Lipinski definition) is 6. The Morgan fingerprint density at radius 3 is 2.58 bits per heavy atom. The van der Waals surface area contributed by atoms with Crippen LogP contribution in [0.25, 0.3) is 6.08 Å². The highest BCUT2D eigenvalue weighted by Gasteiger charge is 2.33. The molecule has 0 unspecified atom stereocenters. The van der Waals surface area contributed by atoms with E-state index in [4.69, 9.17) is 33.3 Å². The molecule has 0 aliphatic carbocycles. The summed E-state index contributed by atoms with van der Waals surface area (Å²) in [6.07, 6.45) is 1.70.